The van der Waals surface area contributed by atoms with E-state index in [-0.39, 0.29) is 24.5 Å². The summed E-state index contributed by atoms with van der Waals surface area (Å²) in [6.07, 6.45) is 4.43. The van der Waals surface area contributed by atoms with Crippen molar-refractivity contribution in [2.24, 2.45) is 0 Å². The van der Waals surface area contributed by atoms with Crippen molar-refractivity contribution in [1.29, 1.82) is 0 Å². The first-order chi connectivity index (χ1) is 23.4. The van der Waals surface area contributed by atoms with Gasteiger partial charge < -0.3 is 19.7 Å². The van der Waals surface area contributed by atoms with Crippen LogP contribution in [0.25, 0.3) is 22.2 Å². The minimum atomic E-state index is -3.95. The molecule has 0 radical (unpaired) electrons. The highest BCUT2D eigenvalue weighted by Crippen LogP contribution is 2.22. The Balaban J connectivity index is 1.47. The van der Waals surface area contributed by atoms with Gasteiger partial charge in [0.05, 0.1) is 11.9 Å². The molecule has 5 aromatic rings. The Kier molecular flexibility index (Phi) is 11.0. The van der Waals surface area contributed by atoms with E-state index in [1.807, 2.05) is 75.4 Å². The summed E-state index contributed by atoms with van der Waals surface area (Å²) in [5, 5.41) is 7.41. The average Bonchev–Trinajstić information content (AvgIpc) is 3.76. The fourth-order valence-electron chi connectivity index (χ4n) is 5.85. The highest BCUT2D eigenvalue weighted by atomic mass is 32.2. The molecule has 2 heterocycles. The Bertz CT molecular complexity index is 2020. The Labute approximate surface area is 286 Å². The van der Waals surface area contributed by atoms with Crippen molar-refractivity contribution >= 4 is 38.6 Å². The van der Waals surface area contributed by atoms with Gasteiger partial charge in [-0.1, -0.05) is 78.2 Å². The number of carbonyl (C=O) groups excluding carboxylic acids is 3. The van der Waals surface area contributed by atoms with E-state index in [0.29, 0.717) is 24.2 Å². The number of fused-ring (bicyclic) bond motifs is 1. The maximum atomic E-state index is 14.3. The number of nitrogens with one attached hydrogen (secondary N) is 3. The standard InChI is InChI=1S/C37H41N5O6S/c1-5-6-17-49(46,47)41-35(43)32(22-29-23-38-31-10-8-7-9-30(29)31)40-36(44)33(42(4)37(45)28-19-24(2)18-25(3)20-28)21-26-11-13-27(14-12-26)34-15-16-39-48-34/h7-16,18-20,23,32-33,38H,5-6,17,21-22H2,1-4H3,(H,40,44)(H,41,43)/t32-,33-/m0/s1. The first-order valence-corrected chi connectivity index (χ1v) is 17.8. The van der Waals surface area contributed by atoms with E-state index in [9.17, 15) is 22.8 Å². The van der Waals surface area contributed by atoms with Crippen molar-refractivity contribution < 1.29 is 27.3 Å². The summed E-state index contributed by atoms with van der Waals surface area (Å²) < 4.78 is 33.0. The smallest absolute Gasteiger partial charge is 0.256 e. The van der Waals surface area contributed by atoms with Crippen molar-refractivity contribution in [3.63, 3.8) is 0 Å². The molecule has 0 bridgehead atoms. The van der Waals surface area contributed by atoms with Gasteiger partial charge in [0, 0.05) is 54.2 Å². The van der Waals surface area contributed by atoms with Crippen molar-refractivity contribution in [2.45, 2.75) is 58.5 Å². The summed E-state index contributed by atoms with van der Waals surface area (Å²) in [5.74, 6) is -1.46. The average molecular weight is 684 g/mol. The van der Waals surface area contributed by atoms with E-state index in [4.69, 9.17) is 4.52 Å². The van der Waals surface area contributed by atoms with Crippen LogP contribution >= 0.6 is 0 Å². The van der Waals surface area contributed by atoms with Crippen LogP contribution in [0, 0.1) is 13.8 Å². The monoisotopic (exact) mass is 683 g/mol. The van der Waals surface area contributed by atoms with Gasteiger partial charge in [-0.05, 0) is 49.6 Å². The summed E-state index contributed by atoms with van der Waals surface area (Å²) in [5.41, 5.74) is 5.34. The summed E-state index contributed by atoms with van der Waals surface area (Å²) >= 11 is 0. The van der Waals surface area contributed by atoms with Crippen molar-refractivity contribution in [3.8, 4) is 11.3 Å². The van der Waals surface area contributed by atoms with Crippen molar-refractivity contribution in [1.82, 2.24) is 25.1 Å². The van der Waals surface area contributed by atoms with Crippen LogP contribution in [0.4, 0.5) is 0 Å². The van der Waals surface area contributed by atoms with Crippen LogP contribution in [0.2, 0.25) is 0 Å². The zero-order valence-electron chi connectivity index (χ0n) is 28.0. The van der Waals surface area contributed by atoms with Gasteiger partial charge in [-0.3, -0.25) is 19.1 Å². The minimum Gasteiger partial charge on any atom is -0.361 e. The number of aromatic nitrogens is 2. The van der Waals surface area contributed by atoms with Crippen molar-refractivity contribution in [2.75, 3.05) is 12.8 Å². The lowest BCUT2D eigenvalue weighted by molar-refractivity contribution is -0.130. The second-order valence-electron chi connectivity index (χ2n) is 12.3. The zero-order valence-corrected chi connectivity index (χ0v) is 28.8. The molecule has 0 spiro atoms. The van der Waals surface area contributed by atoms with Gasteiger partial charge in [0.15, 0.2) is 5.76 Å². The molecule has 5 rings (SSSR count). The number of amides is 3. The number of para-hydroxylation sites is 1. The molecule has 0 saturated carbocycles. The quantitative estimate of drug-likeness (QED) is 0.147. The molecule has 3 aromatic carbocycles. The van der Waals surface area contributed by atoms with Gasteiger partial charge in [-0.25, -0.2) is 8.42 Å². The predicted molar refractivity (Wildman–Crippen MR) is 188 cm³/mol. The van der Waals surface area contributed by atoms with Crippen LogP contribution in [-0.2, 0) is 32.5 Å². The molecule has 0 unspecified atom stereocenters. The SMILES string of the molecule is CCCCS(=O)(=O)NC(=O)[C@H](Cc1c[nH]c2ccccc12)NC(=O)[C@H](Cc1ccc(-c2ccno2)cc1)N(C)C(=O)c1cc(C)cc(C)c1. The molecule has 0 saturated heterocycles. The van der Waals surface area contributed by atoms with Crippen molar-refractivity contribution in [3.05, 3.63) is 113 Å². The molecule has 2 atom stereocenters. The number of rotatable bonds is 14. The molecule has 0 aliphatic carbocycles. The van der Waals surface area contributed by atoms with Crippen LogP contribution in [0.15, 0.2) is 89.7 Å². The Hall–Kier alpha value is -5.23. The maximum Gasteiger partial charge on any atom is 0.256 e. The lowest BCUT2D eigenvalue weighted by Crippen LogP contribution is -2.56. The molecule has 3 amide bonds. The predicted octanol–water partition coefficient (Wildman–Crippen LogP) is 5.10. The molecule has 3 N–H and O–H groups in total. The fraction of sp³-hybridized carbons (Fsp3) is 0.297. The first kappa shape index (κ1) is 35.1. The fourth-order valence-corrected chi connectivity index (χ4v) is 7.07. The Morgan fingerprint density at radius 2 is 1.65 bits per heavy atom. The van der Waals surface area contributed by atoms with E-state index < -0.39 is 33.9 Å². The summed E-state index contributed by atoms with van der Waals surface area (Å²) in [7, 11) is -2.39. The summed E-state index contributed by atoms with van der Waals surface area (Å²) in [4.78, 5) is 46.3. The van der Waals surface area contributed by atoms with E-state index in [2.05, 4.69) is 20.2 Å². The number of aryl methyl sites for hydroxylation is 2. The molecule has 11 nitrogen and oxygen atoms in total. The van der Waals surface area contributed by atoms with Crippen LogP contribution in [0.1, 0.15) is 52.4 Å². The molecule has 49 heavy (non-hydrogen) atoms. The molecule has 256 valence electrons. The molecule has 0 fully saturated rings. The number of hydrogen-bond acceptors (Lipinski definition) is 7. The molecular formula is C37H41N5O6S. The van der Waals surface area contributed by atoms with Gasteiger partial charge in [0.25, 0.3) is 11.8 Å². The molecular weight excluding hydrogens is 643 g/mol. The number of H-pyrrole nitrogens is 1. The van der Waals surface area contributed by atoms with Crippen LogP contribution in [0.5, 0.6) is 0 Å². The molecule has 2 aromatic heterocycles. The van der Waals surface area contributed by atoms with Gasteiger partial charge in [-0.15, -0.1) is 0 Å². The van der Waals surface area contributed by atoms with Crippen LogP contribution in [-0.4, -0.2) is 66.1 Å². The van der Waals surface area contributed by atoms with Gasteiger partial charge in [0.1, 0.15) is 12.1 Å². The van der Waals surface area contributed by atoms with E-state index in [1.54, 1.807) is 37.6 Å². The second-order valence-corrected chi connectivity index (χ2v) is 14.2. The number of benzene rings is 3. The number of hydrogen-bond donors (Lipinski definition) is 3. The summed E-state index contributed by atoms with van der Waals surface area (Å²) in [6.45, 7) is 5.65. The minimum absolute atomic E-state index is 0.0121. The second kappa shape index (κ2) is 15.3. The normalized spacial score (nSPS) is 12.7. The third-order valence-electron chi connectivity index (χ3n) is 8.42. The third-order valence-corrected chi connectivity index (χ3v) is 9.76. The number of aromatic amines is 1. The highest BCUT2D eigenvalue weighted by Gasteiger charge is 2.33. The topological polar surface area (TPSA) is 154 Å². The molecule has 0 aliphatic rings. The first-order valence-electron chi connectivity index (χ1n) is 16.2. The zero-order chi connectivity index (χ0) is 35.1. The van der Waals surface area contributed by atoms with E-state index >= 15 is 0 Å². The van der Waals surface area contributed by atoms with Gasteiger partial charge >= 0.3 is 0 Å². The largest absolute Gasteiger partial charge is 0.361 e. The van der Waals surface area contributed by atoms with E-state index in [1.165, 1.54) is 4.90 Å². The maximum absolute atomic E-state index is 14.3. The Morgan fingerprint density at radius 3 is 2.33 bits per heavy atom. The van der Waals surface area contributed by atoms with Crippen LogP contribution in [0.3, 0.4) is 0 Å². The third kappa shape index (κ3) is 8.82. The number of carbonyl (C=O) groups is 3. The number of sulfonamides is 1. The number of unbranched alkanes of at least 4 members (excludes halogenated alkanes) is 1. The van der Waals surface area contributed by atoms with Gasteiger partial charge in [0.2, 0.25) is 15.9 Å². The highest BCUT2D eigenvalue weighted by molar-refractivity contribution is 7.90. The molecule has 0 aliphatic heterocycles. The lowest BCUT2D eigenvalue weighted by Gasteiger charge is -2.29. The van der Waals surface area contributed by atoms with E-state index in [0.717, 1.165) is 38.7 Å². The summed E-state index contributed by atoms with van der Waals surface area (Å²) in [6, 6.07) is 19.8. The van der Waals surface area contributed by atoms with Gasteiger partial charge in [-0.2, -0.15) is 0 Å². The lowest BCUT2D eigenvalue weighted by atomic mass is 9.99. The molecule has 12 heteroatoms. The number of likely N-dealkylation sites (N-methyl/N-ethyl adjacent to an activating group) is 1. The van der Waals surface area contributed by atoms with Crippen LogP contribution < -0.4 is 10.0 Å². The number of nitrogens with zero attached hydrogens (tertiary/aromatic N) is 2. The Morgan fingerprint density at radius 1 is 0.939 bits per heavy atom.